The summed E-state index contributed by atoms with van der Waals surface area (Å²) in [5, 5.41) is 0. The molecule has 0 radical (unpaired) electrons. The molecule has 4 nitrogen and oxygen atoms in total. The monoisotopic (exact) mass is 340 g/mol. The largest absolute Gasteiger partial charge is 0.493 e. The van der Waals surface area contributed by atoms with Crippen molar-refractivity contribution in [3.63, 3.8) is 0 Å². The number of anilines is 2. The van der Waals surface area contributed by atoms with Crippen molar-refractivity contribution in [3.05, 3.63) is 48.0 Å². The van der Waals surface area contributed by atoms with E-state index in [0.29, 0.717) is 11.8 Å². The molecule has 0 atom stereocenters. The molecule has 1 saturated carbocycles. The highest BCUT2D eigenvalue weighted by molar-refractivity contribution is 5.53. The zero-order valence-corrected chi connectivity index (χ0v) is 14.9. The molecule has 0 bridgehead atoms. The minimum absolute atomic E-state index is 0.619. The van der Waals surface area contributed by atoms with Crippen LogP contribution in [0.5, 0.6) is 11.5 Å². The molecule has 0 heterocycles. The highest BCUT2D eigenvalue weighted by Crippen LogP contribution is 2.31. The molecule has 134 valence electrons. The molecule has 1 fully saturated rings. The summed E-state index contributed by atoms with van der Waals surface area (Å²) in [4.78, 5) is 0. The Balaban J connectivity index is 1.39. The van der Waals surface area contributed by atoms with Gasteiger partial charge in [-0.1, -0.05) is 6.07 Å². The SMILES string of the molecule is Cc1c(N)cccc1OCC1CCC(COc2ccc(N)cc2)CC1. The van der Waals surface area contributed by atoms with Crippen LogP contribution >= 0.6 is 0 Å². The predicted octanol–water partition coefficient (Wildman–Crippen LogP) is 4.42. The summed E-state index contributed by atoms with van der Waals surface area (Å²) < 4.78 is 11.9. The van der Waals surface area contributed by atoms with E-state index >= 15 is 0 Å². The van der Waals surface area contributed by atoms with Crippen LogP contribution in [0.3, 0.4) is 0 Å². The van der Waals surface area contributed by atoms with Crippen LogP contribution in [0.25, 0.3) is 0 Å². The summed E-state index contributed by atoms with van der Waals surface area (Å²) in [6.07, 6.45) is 4.77. The van der Waals surface area contributed by atoms with E-state index in [-0.39, 0.29) is 0 Å². The van der Waals surface area contributed by atoms with Crippen LogP contribution in [0.15, 0.2) is 42.5 Å². The summed E-state index contributed by atoms with van der Waals surface area (Å²) >= 11 is 0. The molecule has 2 aromatic rings. The molecule has 1 aliphatic rings. The van der Waals surface area contributed by atoms with Crippen LogP contribution < -0.4 is 20.9 Å². The molecule has 0 unspecified atom stereocenters. The molecular weight excluding hydrogens is 312 g/mol. The minimum atomic E-state index is 0.619. The van der Waals surface area contributed by atoms with Gasteiger partial charge in [0.25, 0.3) is 0 Å². The summed E-state index contributed by atoms with van der Waals surface area (Å²) in [5.74, 6) is 3.06. The maximum absolute atomic E-state index is 6.01. The molecular formula is C21H28N2O2. The van der Waals surface area contributed by atoms with E-state index in [9.17, 15) is 0 Å². The maximum Gasteiger partial charge on any atom is 0.124 e. The van der Waals surface area contributed by atoms with Gasteiger partial charge in [0, 0.05) is 16.9 Å². The maximum atomic E-state index is 6.01. The van der Waals surface area contributed by atoms with E-state index in [1.165, 1.54) is 25.7 Å². The summed E-state index contributed by atoms with van der Waals surface area (Å²) in [7, 11) is 0. The standard InChI is InChI=1S/C21H28N2O2/c1-15-20(23)3-2-4-21(15)25-14-17-7-5-16(6-8-17)13-24-19-11-9-18(22)10-12-19/h2-4,9-12,16-17H,5-8,13-14,22-23H2,1H3. The number of rotatable bonds is 6. The lowest BCUT2D eigenvalue weighted by Gasteiger charge is -2.28. The van der Waals surface area contributed by atoms with Gasteiger partial charge >= 0.3 is 0 Å². The van der Waals surface area contributed by atoms with Crippen molar-refractivity contribution in [2.75, 3.05) is 24.7 Å². The first-order valence-corrected chi connectivity index (χ1v) is 9.08. The highest BCUT2D eigenvalue weighted by atomic mass is 16.5. The van der Waals surface area contributed by atoms with Crippen molar-refractivity contribution in [3.8, 4) is 11.5 Å². The Morgan fingerprint density at radius 2 is 1.44 bits per heavy atom. The van der Waals surface area contributed by atoms with Gasteiger partial charge < -0.3 is 20.9 Å². The normalized spacial score (nSPS) is 20.2. The van der Waals surface area contributed by atoms with Gasteiger partial charge in [-0.15, -0.1) is 0 Å². The molecule has 25 heavy (non-hydrogen) atoms. The first-order valence-electron chi connectivity index (χ1n) is 9.08. The zero-order chi connectivity index (χ0) is 17.6. The van der Waals surface area contributed by atoms with Gasteiger partial charge in [-0.2, -0.15) is 0 Å². The van der Waals surface area contributed by atoms with E-state index in [1.807, 2.05) is 49.4 Å². The highest BCUT2D eigenvalue weighted by Gasteiger charge is 2.22. The molecule has 3 rings (SSSR count). The Hall–Kier alpha value is -2.36. The third kappa shape index (κ3) is 4.81. The number of hydrogen-bond acceptors (Lipinski definition) is 4. The first-order chi connectivity index (χ1) is 12.1. The van der Waals surface area contributed by atoms with Crippen molar-refractivity contribution in [1.29, 1.82) is 0 Å². The van der Waals surface area contributed by atoms with E-state index in [4.69, 9.17) is 20.9 Å². The number of nitrogens with two attached hydrogens (primary N) is 2. The number of ether oxygens (including phenoxy) is 2. The van der Waals surface area contributed by atoms with E-state index < -0.39 is 0 Å². The van der Waals surface area contributed by atoms with Crippen LogP contribution in [-0.2, 0) is 0 Å². The summed E-state index contributed by atoms with van der Waals surface area (Å²) in [5.41, 5.74) is 14.2. The molecule has 0 aromatic heterocycles. The lowest BCUT2D eigenvalue weighted by Crippen LogP contribution is -2.23. The quantitative estimate of drug-likeness (QED) is 0.764. The fraction of sp³-hybridized carbons (Fsp3) is 0.429. The molecule has 1 aliphatic carbocycles. The van der Waals surface area contributed by atoms with Gasteiger partial charge in [-0.3, -0.25) is 0 Å². The van der Waals surface area contributed by atoms with Crippen LogP contribution in [0.1, 0.15) is 31.2 Å². The average molecular weight is 340 g/mol. The van der Waals surface area contributed by atoms with Gasteiger partial charge in [0.15, 0.2) is 0 Å². The van der Waals surface area contributed by atoms with Crippen LogP contribution in [0.4, 0.5) is 11.4 Å². The van der Waals surface area contributed by atoms with Gasteiger partial charge in [0.05, 0.1) is 13.2 Å². The zero-order valence-electron chi connectivity index (χ0n) is 14.9. The second-order valence-electron chi connectivity index (χ2n) is 7.05. The van der Waals surface area contributed by atoms with E-state index in [2.05, 4.69) is 0 Å². The van der Waals surface area contributed by atoms with Crippen LogP contribution in [0, 0.1) is 18.8 Å². The van der Waals surface area contributed by atoms with Crippen molar-refractivity contribution in [2.24, 2.45) is 11.8 Å². The lowest BCUT2D eigenvalue weighted by molar-refractivity contribution is 0.148. The molecule has 0 saturated heterocycles. The predicted molar refractivity (Wildman–Crippen MR) is 103 cm³/mol. The average Bonchev–Trinajstić information content (AvgIpc) is 2.63. The number of benzene rings is 2. The van der Waals surface area contributed by atoms with Gasteiger partial charge in [0.1, 0.15) is 11.5 Å². The molecule has 4 N–H and O–H groups in total. The van der Waals surface area contributed by atoms with Crippen molar-refractivity contribution in [1.82, 2.24) is 0 Å². The summed E-state index contributed by atoms with van der Waals surface area (Å²) in [6, 6.07) is 13.5. The Morgan fingerprint density at radius 1 is 0.840 bits per heavy atom. The van der Waals surface area contributed by atoms with E-state index in [1.54, 1.807) is 0 Å². The van der Waals surface area contributed by atoms with Gasteiger partial charge in [-0.05, 0) is 80.8 Å². The second-order valence-corrected chi connectivity index (χ2v) is 7.05. The molecule has 0 aliphatic heterocycles. The van der Waals surface area contributed by atoms with Gasteiger partial charge in [0.2, 0.25) is 0 Å². The number of nitrogen functional groups attached to an aromatic ring is 2. The molecule has 0 spiro atoms. The van der Waals surface area contributed by atoms with Crippen molar-refractivity contribution >= 4 is 11.4 Å². The number of hydrogen-bond donors (Lipinski definition) is 2. The topological polar surface area (TPSA) is 70.5 Å². The third-order valence-electron chi connectivity index (χ3n) is 5.13. The van der Waals surface area contributed by atoms with Crippen molar-refractivity contribution in [2.45, 2.75) is 32.6 Å². The molecule has 0 amide bonds. The molecule has 2 aromatic carbocycles. The smallest absolute Gasteiger partial charge is 0.124 e. The van der Waals surface area contributed by atoms with E-state index in [0.717, 1.165) is 41.7 Å². The second kappa shape index (κ2) is 8.15. The summed E-state index contributed by atoms with van der Waals surface area (Å²) in [6.45, 7) is 3.57. The van der Waals surface area contributed by atoms with Crippen LogP contribution in [-0.4, -0.2) is 13.2 Å². The molecule has 4 heteroatoms. The Morgan fingerprint density at radius 3 is 2.08 bits per heavy atom. The Kier molecular flexibility index (Phi) is 5.69. The fourth-order valence-electron chi connectivity index (χ4n) is 3.34. The lowest BCUT2D eigenvalue weighted by atomic mass is 9.83. The third-order valence-corrected chi connectivity index (χ3v) is 5.13. The van der Waals surface area contributed by atoms with Crippen LogP contribution in [0.2, 0.25) is 0 Å². The fourth-order valence-corrected chi connectivity index (χ4v) is 3.34. The Bertz CT molecular complexity index is 677. The Labute approximate surface area is 150 Å². The van der Waals surface area contributed by atoms with Gasteiger partial charge in [-0.25, -0.2) is 0 Å². The van der Waals surface area contributed by atoms with Crippen molar-refractivity contribution < 1.29 is 9.47 Å². The first kappa shape index (κ1) is 17.5. The minimum Gasteiger partial charge on any atom is -0.493 e.